The molecule has 0 spiro atoms. The molecule has 0 unspecified atom stereocenters. The number of carbonyl (C=O) groups is 1. The molecule has 4 N–H and O–H groups in total. The fourth-order valence-electron chi connectivity index (χ4n) is 6.79. The molecule has 1 saturated heterocycles. The van der Waals surface area contributed by atoms with Gasteiger partial charge in [0, 0.05) is 67.1 Å². The molecule has 2 aliphatic rings. The molecule has 53 heavy (non-hydrogen) atoms. The van der Waals surface area contributed by atoms with Gasteiger partial charge in [0.1, 0.15) is 11.7 Å². The molecule has 1 aliphatic carbocycles. The van der Waals surface area contributed by atoms with Gasteiger partial charge in [0.15, 0.2) is 0 Å². The maximum Gasteiger partial charge on any atom is 0.421 e. The zero-order valence-corrected chi connectivity index (χ0v) is 30.4. The van der Waals surface area contributed by atoms with Crippen LogP contribution in [0.1, 0.15) is 66.5 Å². The number of aliphatic hydroxyl groups is 1. The zero-order chi connectivity index (χ0) is 37.7. The molecule has 1 aliphatic heterocycles. The van der Waals surface area contributed by atoms with Crippen molar-refractivity contribution < 1.29 is 37.3 Å². The summed E-state index contributed by atoms with van der Waals surface area (Å²) in [7, 11) is 2.89. The second-order valence-corrected chi connectivity index (χ2v) is 13.6. The largest absolute Gasteiger partial charge is 0.481 e. The Bertz CT molecular complexity index is 1950. The molecule has 0 saturated carbocycles. The van der Waals surface area contributed by atoms with Gasteiger partial charge < -0.3 is 35.3 Å². The summed E-state index contributed by atoms with van der Waals surface area (Å²) in [5.74, 6) is -0.0718. The number of hydrogen-bond donors (Lipinski definition) is 4. The van der Waals surface area contributed by atoms with Crippen molar-refractivity contribution in [3.05, 3.63) is 81.5 Å². The summed E-state index contributed by atoms with van der Waals surface area (Å²) in [6, 6.07) is 12.2. The van der Waals surface area contributed by atoms with E-state index in [0.29, 0.717) is 66.6 Å². The lowest BCUT2D eigenvalue weighted by Crippen LogP contribution is -2.35. The number of pyridine rings is 3. The van der Waals surface area contributed by atoms with E-state index >= 15 is 0 Å². The molecular formula is C38H42ClF3N6O5. The number of amides is 1. The Kier molecular flexibility index (Phi) is 12.0. The van der Waals surface area contributed by atoms with E-state index < -0.39 is 29.8 Å². The average Bonchev–Trinajstić information content (AvgIpc) is 3.56. The third-order valence-electron chi connectivity index (χ3n) is 9.33. The summed E-state index contributed by atoms with van der Waals surface area (Å²) >= 11 is 7.07. The fraction of sp³-hybridized carbons (Fsp3) is 0.421. The summed E-state index contributed by atoms with van der Waals surface area (Å²) in [5.41, 5.74) is 4.09. The molecule has 4 aromatic rings. The second-order valence-electron chi connectivity index (χ2n) is 13.2. The fourth-order valence-corrected chi connectivity index (χ4v) is 7.10. The minimum absolute atomic E-state index is 0.00252. The smallest absolute Gasteiger partial charge is 0.421 e. The Morgan fingerprint density at radius 2 is 1.75 bits per heavy atom. The van der Waals surface area contributed by atoms with Gasteiger partial charge in [-0.15, -0.1) is 0 Å². The Hall–Kier alpha value is -4.50. The summed E-state index contributed by atoms with van der Waals surface area (Å²) in [6.45, 7) is 2.90. The highest BCUT2D eigenvalue weighted by Crippen LogP contribution is 2.44. The van der Waals surface area contributed by atoms with E-state index in [-0.39, 0.29) is 36.5 Å². The Balaban J connectivity index is 1.27. The van der Waals surface area contributed by atoms with Crippen LogP contribution in [0.25, 0.3) is 22.5 Å². The first-order valence-electron chi connectivity index (χ1n) is 17.5. The molecule has 11 nitrogen and oxygen atoms in total. The number of methoxy groups -OCH3 is 2. The lowest BCUT2D eigenvalue weighted by atomic mass is 9.85. The minimum atomic E-state index is -4.75. The molecule has 6 rings (SSSR count). The molecular weight excluding hydrogens is 713 g/mol. The predicted octanol–water partition coefficient (Wildman–Crippen LogP) is 6.19. The van der Waals surface area contributed by atoms with Crippen LogP contribution in [0.4, 0.5) is 13.2 Å². The monoisotopic (exact) mass is 754 g/mol. The highest BCUT2D eigenvalue weighted by atomic mass is 35.5. The molecule has 1 fully saturated rings. The van der Waals surface area contributed by atoms with Crippen molar-refractivity contribution in [2.75, 3.05) is 27.3 Å². The van der Waals surface area contributed by atoms with Crippen LogP contribution in [0.2, 0.25) is 5.02 Å². The van der Waals surface area contributed by atoms with E-state index in [4.69, 9.17) is 30.8 Å². The Morgan fingerprint density at radius 1 is 0.981 bits per heavy atom. The van der Waals surface area contributed by atoms with E-state index in [0.717, 1.165) is 34.7 Å². The standard InChI is InChI=1S/C38H42ClF3N6O5/c1-21(49)17-43-19-23-16-29(38(40,41)42)37(48-36(23)52-3)53-31-9-5-6-25-26(31)7-4-8-27(25)34-33(39)28(14-15-45-34)30-12-10-22(35(47-30)51-2)18-44-20-24-11-13-32(50)46-24/h4,7-8,10,12,14-16,21,24,31,43-44,49H,5-6,9,11,13,17-20H2,1-3H3,(H,46,50)/t21-,24+,31+/m0/s1. The van der Waals surface area contributed by atoms with Gasteiger partial charge in [-0.1, -0.05) is 35.9 Å². The number of hydrogen-bond acceptors (Lipinski definition) is 10. The van der Waals surface area contributed by atoms with Gasteiger partial charge in [-0.25, -0.2) is 4.98 Å². The van der Waals surface area contributed by atoms with Gasteiger partial charge in [-0.05, 0) is 61.9 Å². The maximum absolute atomic E-state index is 14.4. The topological polar surface area (TPSA) is 140 Å². The lowest BCUT2D eigenvalue weighted by Gasteiger charge is -2.29. The quantitative estimate of drug-likeness (QED) is 0.118. The molecule has 3 aromatic heterocycles. The summed E-state index contributed by atoms with van der Waals surface area (Å²) in [5, 5.41) is 19.2. The van der Waals surface area contributed by atoms with Crippen LogP contribution in [0.15, 0.2) is 48.7 Å². The SMILES string of the molecule is COc1nc(-c2ccnc(-c3cccc4c3CCC[C@H]4Oc3nc(OC)c(CNC[C@H](C)O)cc3C(F)(F)F)c2Cl)ccc1CNC[C@H]1CCC(=O)N1. The number of alkyl halides is 3. The summed E-state index contributed by atoms with van der Waals surface area (Å²) in [6.07, 6.45) is -1.41. The first-order chi connectivity index (χ1) is 25.5. The van der Waals surface area contributed by atoms with Crippen molar-refractivity contribution in [1.82, 2.24) is 30.9 Å². The van der Waals surface area contributed by atoms with Gasteiger partial charge in [0.25, 0.3) is 0 Å². The summed E-state index contributed by atoms with van der Waals surface area (Å²) < 4.78 is 60.3. The number of rotatable bonds is 14. The van der Waals surface area contributed by atoms with E-state index in [1.54, 1.807) is 26.3 Å². The first-order valence-corrected chi connectivity index (χ1v) is 17.9. The van der Waals surface area contributed by atoms with E-state index in [1.807, 2.05) is 30.3 Å². The van der Waals surface area contributed by atoms with Crippen molar-refractivity contribution in [3.8, 4) is 40.2 Å². The average molecular weight is 755 g/mol. The molecule has 282 valence electrons. The van der Waals surface area contributed by atoms with Crippen molar-refractivity contribution in [2.45, 2.75) is 76.5 Å². The molecule has 3 atom stereocenters. The van der Waals surface area contributed by atoms with Crippen LogP contribution < -0.4 is 30.2 Å². The molecule has 1 amide bonds. The molecule has 15 heteroatoms. The summed E-state index contributed by atoms with van der Waals surface area (Å²) in [4.78, 5) is 25.1. The van der Waals surface area contributed by atoms with Crippen LogP contribution in [0, 0.1) is 0 Å². The third-order valence-corrected chi connectivity index (χ3v) is 9.71. The molecule has 0 bridgehead atoms. The van der Waals surface area contributed by atoms with Gasteiger partial charge in [-0.3, -0.25) is 9.78 Å². The van der Waals surface area contributed by atoms with Crippen LogP contribution in [0.3, 0.4) is 0 Å². The first kappa shape index (κ1) is 38.2. The maximum atomic E-state index is 14.4. The molecule has 0 radical (unpaired) electrons. The molecule has 1 aromatic carbocycles. The van der Waals surface area contributed by atoms with Crippen LogP contribution in [-0.2, 0) is 30.5 Å². The number of carbonyl (C=O) groups excluding carboxylic acids is 1. The highest BCUT2D eigenvalue weighted by molar-refractivity contribution is 6.35. The molecule has 4 heterocycles. The van der Waals surface area contributed by atoms with Crippen LogP contribution in [-0.4, -0.2) is 65.4 Å². The van der Waals surface area contributed by atoms with Gasteiger partial charge in [0.2, 0.25) is 23.5 Å². The predicted molar refractivity (Wildman–Crippen MR) is 193 cm³/mol. The number of nitrogens with zero attached hydrogens (tertiary/aromatic N) is 3. The number of aromatic nitrogens is 3. The number of aliphatic hydroxyl groups excluding tert-OH is 1. The van der Waals surface area contributed by atoms with E-state index in [2.05, 4.69) is 25.9 Å². The third kappa shape index (κ3) is 8.84. The van der Waals surface area contributed by atoms with E-state index in [9.17, 15) is 23.1 Å². The van der Waals surface area contributed by atoms with Crippen LogP contribution >= 0.6 is 11.6 Å². The number of halogens is 4. The van der Waals surface area contributed by atoms with E-state index in [1.165, 1.54) is 7.11 Å². The van der Waals surface area contributed by atoms with Crippen LogP contribution in [0.5, 0.6) is 17.6 Å². The zero-order valence-electron chi connectivity index (χ0n) is 29.6. The Labute approximate surface area is 310 Å². The number of ether oxygens (including phenoxy) is 3. The van der Waals surface area contributed by atoms with Gasteiger partial charge in [-0.2, -0.15) is 18.2 Å². The van der Waals surface area contributed by atoms with Crippen molar-refractivity contribution in [3.63, 3.8) is 0 Å². The normalized spacial score (nSPS) is 17.6. The minimum Gasteiger partial charge on any atom is -0.481 e. The number of nitrogens with one attached hydrogen (secondary N) is 3. The lowest BCUT2D eigenvalue weighted by molar-refractivity contribution is -0.139. The van der Waals surface area contributed by atoms with Crippen molar-refractivity contribution >= 4 is 17.5 Å². The number of benzene rings is 1. The van der Waals surface area contributed by atoms with Gasteiger partial charge >= 0.3 is 6.18 Å². The Morgan fingerprint density at radius 3 is 2.47 bits per heavy atom. The second kappa shape index (κ2) is 16.7. The highest BCUT2D eigenvalue weighted by Gasteiger charge is 2.38. The number of fused-ring (bicyclic) bond motifs is 1. The van der Waals surface area contributed by atoms with Crippen molar-refractivity contribution in [1.29, 1.82) is 0 Å². The van der Waals surface area contributed by atoms with Crippen molar-refractivity contribution in [2.24, 2.45) is 0 Å². The van der Waals surface area contributed by atoms with Gasteiger partial charge in [0.05, 0.1) is 36.7 Å².